The second-order valence-electron chi connectivity index (χ2n) is 3.63. The van der Waals surface area contributed by atoms with Gasteiger partial charge >= 0.3 is 6.18 Å². The minimum absolute atomic E-state index is 0.277. The van der Waals surface area contributed by atoms with Gasteiger partial charge in [0.1, 0.15) is 16.4 Å². The van der Waals surface area contributed by atoms with Gasteiger partial charge in [0.2, 0.25) is 0 Å². The molecule has 0 atom stereocenters. The van der Waals surface area contributed by atoms with E-state index < -0.39 is 17.4 Å². The molecular weight excluding hydrogens is 281 g/mol. The first-order valence-electron chi connectivity index (χ1n) is 5.19. The summed E-state index contributed by atoms with van der Waals surface area (Å²) in [5, 5.41) is 7.03. The molecule has 2 rings (SSSR count). The van der Waals surface area contributed by atoms with Crippen LogP contribution in [0.3, 0.4) is 0 Å². The van der Waals surface area contributed by atoms with Crippen LogP contribution in [0.25, 0.3) is 0 Å². The quantitative estimate of drug-likeness (QED) is 0.936. The number of alkyl halides is 3. The summed E-state index contributed by atoms with van der Waals surface area (Å²) in [4.78, 5) is 11.6. The summed E-state index contributed by atoms with van der Waals surface area (Å²) in [5.74, 6) is 0. The molecule has 0 aromatic carbocycles. The number of nitrogens with zero attached hydrogens (tertiary/aromatic N) is 3. The fraction of sp³-hybridized carbons (Fsp3) is 0.300. The highest BCUT2D eigenvalue weighted by Gasteiger charge is 2.34. The Bertz CT molecular complexity index is 634. The van der Waals surface area contributed by atoms with Crippen LogP contribution in [-0.2, 0) is 12.7 Å². The highest BCUT2D eigenvalue weighted by molar-refractivity contribution is 7.10. The predicted molar refractivity (Wildman–Crippen MR) is 64.3 cm³/mol. The zero-order chi connectivity index (χ0) is 14.0. The van der Waals surface area contributed by atoms with Crippen molar-refractivity contribution in [2.24, 2.45) is 0 Å². The number of aromatic nitrogens is 3. The molecule has 0 fully saturated rings. The van der Waals surface area contributed by atoms with E-state index in [0.29, 0.717) is 15.3 Å². The van der Waals surface area contributed by atoms with Crippen LogP contribution in [0.1, 0.15) is 11.4 Å². The molecule has 0 aliphatic rings. The largest absolute Gasteiger partial charge is 0.431 e. The van der Waals surface area contributed by atoms with Gasteiger partial charge < -0.3 is 5.32 Å². The van der Waals surface area contributed by atoms with Gasteiger partial charge in [-0.25, -0.2) is 0 Å². The van der Waals surface area contributed by atoms with Crippen molar-refractivity contribution in [2.45, 2.75) is 12.7 Å². The molecule has 19 heavy (non-hydrogen) atoms. The van der Waals surface area contributed by atoms with E-state index in [1.165, 1.54) is 0 Å². The number of hydrogen-bond donors (Lipinski definition) is 1. The van der Waals surface area contributed by atoms with Crippen LogP contribution in [0.5, 0.6) is 0 Å². The lowest BCUT2D eigenvalue weighted by atomic mass is 10.3. The average molecular weight is 290 g/mol. The fourth-order valence-electron chi connectivity index (χ4n) is 1.58. The van der Waals surface area contributed by atoms with Crippen molar-refractivity contribution in [1.82, 2.24) is 14.2 Å². The van der Waals surface area contributed by atoms with Crippen molar-refractivity contribution in [3.63, 3.8) is 0 Å². The SMILES string of the molecule is CNc1snnc1Cn1c(C(F)(F)F)cccc1=O. The van der Waals surface area contributed by atoms with Crippen molar-refractivity contribution < 1.29 is 13.2 Å². The molecular formula is C10H9F3N4OS. The molecule has 0 unspecified atom stereocenters. The van der Waals surface area contributed by atoms with Crippen molar-refractivity contribution in [1.29, 1.82) is 0 Å². The summed E-state index contributed by atoms with van der Waals surface area (Å²) in [6, 6.07) is 3.02. The third kappa shape index (κ3) is 2.75. The molecule has 1 N–H and O–H groups in total. The standard InChI is InChI=1S/C10H9F3N4OS/c1-14-9-6(15-16-19-9)5-17-7(10(11,12)13)3-2-4-8(17)18/h2-4,14H,5H2,1H3. The maximum atomic E-state index is 12.8. The molecule has 5 nitrogen and oxygen atoms in total. The van der Waals surface area contributed by atoms with Crippen molar-refractivity contribution >= 4 is 16.5 Å². The zero-order valence-electron chi connectivity index (χ0n) is 9.73. The van der Waals surface area contributed by atoms with Crippen LogP contribution in [0.15, 0.2) is 23.0 Å². The van der Waals surface area contributed by atoms with E-state index in [-0.39, 0.29) is 6.54 Å². The number of rotatable bonds is 3. The van der Waals surface area contributed by atoms with E-state index >= 15 is 0 Å². The monoisotopic (exact) mass is 290 g/mol. The van der Waals surface area contributed by atoms with Crippen LogP contribution < -0.4 is 10.9 Å². The molecule has 0 aliphatic heterocycles. The topological polar surface area (TPSA) is 59.8 Å². The van der Waals surface area contributed by atoms with Crippen LogP contribution in [0.2, 0.25) is 0 Å². The van der Waals surface area contributed by atoms with Crippen molar-refractivity contribution in [2.75, 3.05) is 12.4 Å². The second-order valence-corrected chi connectivity index (χ2v) is 4.39. The Morgan fingerprint density at radius 3 is 2.79 bits per heavy atom. The van der Waals surface area contributed by atoms with Gasteiger partial charge in [-0.3, -0.25) is 9.36 Å². The predicted octanol–water partition coefficient (Wildman–Crippen LogP) is 1.81. The molecule has 2 aromatic rings. The number of hydrogen-bond acceptors (Lipinski definition) is 5. The maximum absolute atomic E-state index is 12.8. The summed E-state index contributed by atoms with van der Waals surface area (Å²) in [6.07, 6.45) is -4.59. The molecule has 0 radical (unpaired) electrons. The van der Waals surface area contributed by atoms with Gasteiger partial charge in [0.25, 0.3) is 5.56 Å². The lowest BCUT2D eigenvalue weighted by Crippen LogP contribution is -2.27. The Morgan fingerprint density at radius 1 is 1.42 bits per heavy atom. The minimum atomic E-state index is -4.59. The molecule has 0 aliphatic carbocycles. The second kappa shape index (κ2) is 5.00. The Hall–Kier alpha value is -1.90. The molecule has 0 saturated carbocycles. The Labute approximate surface area is 109 Å². The fourth-order valence-corrected chi connectivity index (χ4v) is 2.11. The first kappa shape index (κ1) is 13.5. The Kier molecular flexibility index (Phi) is 3.56. The van der Waals surface area contributed by atoms with Crippen LogP contribution in [-0.4, -0.2) is 21.2 Å². The van der Waals surface area contributed by atoms with Crippen LogP contribution in [0.4, 0.5) is 18.2 Å². The highest BCUT2D eigenvalue weighted by Crippen LogP contribution is 2.29. The van der Waals surface area contributed by atoms with Gasteiger partial charge in [-0.2, -0.15) is 13.2 Å². The summed E-state index contributed by atoms with van der Waals surface area (Å²) in [7, 11) is 1.61. The molecule has 2 aromatic heterocycles. The van der Waals surface area contributed by atoms with Crippen LogP contribution >= 0.6 is 11.5 Å². The smallest absolute Gasteiger partial charge is 0.377 e. The lowest BCUT2D eigenvalue weighted by Gasteiger charge is -2.14. The van der Waals surface area contributed by atoms with E-state index in [4.69, 9.17) is 0 Å². The molecule has 0 spiro atoms. The zero-order valence-corrected chi connectivity index (χ0v) is 10.5. The first-order chi connectivity index (χ1) is 8.93. The van der Waals surface area contributed by atoms with Crippen molar-refractivity contribution in [3.05, 3.63) is 39.9 Å². The van der Waals surface area contributed by atoms with Gasteiger partial charge in [-0.15, -0.1) is 5.10 Å². The van der Waals surface area contributed by atoms with Gasteiger partial charge in [-0.05, 0) is 6.07 Å². The number of nitrogens with one attached hydrogen (secondary N) is 1. The summed E-state index contributed by atoms with van der Waals surface area (Å²) < 4.78 is 42.8. The van der Waals surface area contributed by atoms with Crippen LogP contribution in [0, 0.1) is 0 Å². The van der Waals surface area contributed by atoms with Gasteiger partial charge in [0.15, 0.2) is 0 Å². The molecule has 9 heteroatoms. The van der Waals surface area contributed by atoms with E-state index in [2.05, 4.69) is 14.9 Å². The van der Waals surface area contributed by atoms with Crippen molar-refractivity contribution in [3.8, 4) is 0 Å². The molecule has 2 heterocycles. The third-order valence-electron chi connectivity index (χ3n) is 2.43. The van der Waals surface area contributed by atoms with E-state index in [1.54, 1.807) is 7.05 Å². The number of anilines is 1. The average Bonchev–Trinajstić information content (AvgIpc) is 2.77. The Morgan fingerprint density at radius 2 is 2.16 bits per heavy atom. The normalized spacial score (nSPS) is 11.6. The van der Waals surface area contributed by atoms with Gasteiger partial charge in [-0.1, -0.05) is 10.6 Å². The molecule has 0 saturated heterocycles. The van der Waals surface area contributed by atoms with E-state index in [0.717, 1.165) is 29.7 Å². The van der Waals surface area contributed by atoms with Gasteiger partial charge in [0.05, 0.1) is 6.54 Å². The molecule has 0 amide bonds. The van der Waals surface area contributed by atoms with E-state index in [1.807, 2.05) is 0 Å². The summed E-state index contributed by atoms with van der Waals surface area (Å²) in [5.41, 5.74) is -1.44. The minimum Gasteiger partial charge on any atom is -0.377 e. The third-order valence-corrected chi connectivity index (χ3v) is 3.22. The molecule has 102 valence electrons. The molecule has 0 bridgehead atoms. The Balaban J connectivity index is 2.48. The number of halogens is 3. The lowest BCUT2D eigenvalue weighted by molar-refractivity contribution is -0.144. The summed E-state index contributed by atoms with van der Waals surface area (Å²) >= 11 is 1.02. The van der Waals surface area contributed by atoms with E-state index in [9.17, 15) is 18.0 Å². The highest BCUT2D eigenvalue weighted by atomic mass is 32.1. The van der Waals surface area contributed by atoms with Gasteiger partial charge in [0, 0.05) is 24.6 Å². The maximum Gasteiger partial charge on any atom is 0.431 e. The first-order valence-corrected chi connectivity index (χ1v) is 5.97. The summed E-state index contributed by atoms with van der Waals surface area (Å²) in [6.45, 7) is -0.277. The number of pyridine rings is 1.